The highest BCUT2D eigenvalue weighted by Gasteiger charge is 2.40. The Kier molecular flexibility index (Phi) is 4.77. The molecule has 2 atom stereocenters. The van der Waals surface area contributed by atoms with E-state index in [9.17, 15) is 4.79 Å². The second-order valence-corrected chi connectivity index (χ2v) is 5.57. The van der Waals surface area contributed by atoms with Crippen molar-refractivity contribution in [3.8, 4) is 0 Å². The van der Waals surface area contributed by atoms with Crippen LogP contribution in [0.25, 0.3) is 0 Å². The summed E-state index contributed by atoms with van der Waals surface area (Å²) in [6.45, 7) is 5.81. The van der Waals surface area contributed by atoms with Crippen LogP contribution in [0.2, 0.25) is 0 Å². The van der Waals surface area contributed by atoms with Crippen LogP contribution >= 0.6 is 0 Å². The zero-order valence-corrected chi connectivity index (χ0v) is 12.5. The molecule has 1 fully saturated rings. The zero-order valence-electron chi connectivity index (χ0n) is 12.5. The van der Waals surface area contributed by atoms with Gasteiger partial charge in [-0.25, -0.2) is 0 Å². The first-order valence-corrected chi connectivity index (χ1v) is 7.11. The van der Waals surface area contributed by atoms with Gasteiger partial charge in [0.25, 0.3) is 0 Å². The summed E-state index contributed by atoms with van der Waals surface area (Å²) in [6.07, 6.45) is 4.39. The van der Waals surface area contributed by atoms with Gasteiger partial charge in [0.05, 0.1) is 18.8 Å². The number of hydrogen-bond acceptors (Lipinski definition) is 4. The van der Waals surface area contributed by atoms with Gasteiger partial charge < -0.3 is 15.4 Å². The minimum Gasteiger partial charge on any atom is -0.383 e. The summed E-state index contributed by atoms with van der Waals surface area (Å²) < 4.78 is 7.02. The van der Waals surface area contributed by atoms with Crippen molar-refractivity contribution >= 4 is 5.91 Å². The second-order valence-electron chi connectivity index (χ2n) is 5.57. The monoisotopic (exact) mass is 280 g/mol. The molecule has 0 aromatic carbocycles. The van der Waals surface area contributed by atoms with E-state index >= 15 is 0 Å². The molecule has 2 N–H and O–H groups in total. The maximum Gasteiger partial charge on any atom is 0.223 e. The minimum atomic E-state index is 0.0233. The largest absolute Gasteiger partial charge is 0.383 e. The first kappa shape index (κ1) is 15.0. The van der Waals surface area contributed by atoms with Gasteiger partial charge in [0.1, 0.15) is 0 Å². The maximum atomic E-state index is 12.2. The number of likely N-dealkylation sites (tertiary alicyclic amines) is 1. The van der Waals surface area contributed by atoms with Gasteiger partial charge in [0.2, 0.25) is 5.91 Å². The third-order valence-electron chi connectivity index (χ3n) is 3.87. The van der Waals surface area contributed by atoms with Crippen LogP contribution in [0.4, 0.5) is 0 Å². The number of hydrogen-bond donors (Lipinski definition) is 1. The number of methoxy groups -OCH3 is 1. The summed E-state index contributed by atoms with van der Waals surface area (Å²) in [4.78, 5) is 14.0. The first-order chi connectivity index (χ1) is 9.58. The van der Waals surface area contributed by atoms with Gasteiger partial charge >= 0.3 is 0 Å². The third kappa shape index (κ3) is 2.86. The molecule has 0 spiro atoms. The molecule has 0 saturated carbocycles. The molecule has 20 heavy (non-hydrogen) atoms. The maximum absolute atomic E-state index is 12.2. The van der Waals surface area contributed by atoms with Gasteiger partial charge in [-0.1, -0.05) is 0 Å². The van der Waals surface area contributed by atoms with Crippen LogP contribution in [-0.2, 0) is 9.53 Å². The molecule has 0 radical (unpaired) electrons. The van der Waals surface area contributed by atoms with E-state index in [0.717, 1.165) is 5.56 Å². The van der Waals surface area contributed by atoms with Crippen molar-refractivity contribution in [1.82, 2.24) is 14.7 Å². The van der Waals surface area contributed by atoms with Crippen LogP contribution in [0.15, 0.2) is 12.4 Å². The molecule has 1 aromatic heterocycles. The number of rotatable bonds is 6. The Hall–Kier alpha value is -1.40. The zero-order chi connectivity index (χ0) is 14.7. The summed E-state index contributed by atoms with van der Waals surface area (Å²) in [6, 6.07) is 0.333. The van der Waals surface area contributed by atoms with E-state index < -0.39 is 0 Å². The molecular weight excluding hydrogens is 256 g/mol. The Morgan fingerprint density at radius 3 is 2.85 bits per heavy atom. The average Bonchev–Trinajstić information content (AvgIpc) is 3.00. The van der Waals surface area contributed by atoms with Gasteiger partial charge in [-0.2, -0.15) is 5.10 Å². The van der Waals surface area contributed by atoms with Crippen molar-refractivity contribution in [2.45, 2.75) is 32.4 Å². The van der Waals surface area contributed by atoms with E-state index in [1.54, 1.807) is 7.11 Å². The molecule has 1 amide bonds. The lowest BCUT2D eigenvalue weighted by Gasteiger charge is -2.26. The summed E-state index contributed by atoms with van der Waals surface area (Å²) in [5, 5.41) is 4.38. The van der Waals surface area contributed by atoms with Crippen LogP contribution in [-0.4, -0.2) is 47.4 Å². The Bertz CT molecular complexity index is 458. The van der Waals surface area contributed by atoms with E-state index in [2.05, 4.69) is 18.9 Å². The standard InChI is InChI=1S/C14H24N4O2/c1-10(2)18-9-12(8-16-18)14-11(7-15)6-13(19)17(14)4-5-20-3/h8-11,14H,4-7,15H2,1-3H3. The number of aromatic nitrogens is 2. The smallest absolute Gasteiger partial charge is 0.223 e. The minimum absolute atomic E-state index is 0.0233. The van der Waals surface area contributed by atoms with E-state index in [1.165, 1.54) is 0 Å². The van der Waals surface area contributed by atoms with Crippen molar-refractivity contribution in [2.24, 2.45) is 11.7 Å². The van der Waals surface area contributed by atoms with Crippen molar-refractivity contribution in [2.75, 3.05) is 26.8 Å². The molecule has 1 aliphatic heterocycles. The molecule has 1 aromatic rings. The molecule has 2 rings (SSSR count). The number of nitrogens with zero attached hydrogens (tertiary/aromatic N) is 3. The molecule has 112 valence electrons. The van der Waals surface area contributed by atoms with E-state index in [-0.39, 0.29) is 17.9 Å². The molecule has 6 nitrogen and oxygen atoms in total. The third-order valence-corrected chi connectivity index (χ3v) is 3.87. The Morgan fingerprint density at radius 2 is 2.30 bits per heavy atom. The topological polar surface area (TPSA) is 73.4 Å². The molecular formula is C14H24N4O2. The summed E-state index contributed by atoms with van der Waals surface area (Å²) in [5.41, 5.74) is 6.91. The predicted molar refractivity (Wildman–Crippen MR) is 76.1 cm³/mol. The lowest BCUT2D eigenvalue weighted by atomic mass is 9.96. The molecule has 2 unspecified atom stereocenters. The Labute approximate surface area is 119 Å². The van der Waals surface area contributed by atoms with Gasteiger partial charge in [0.15, 0.2) is 0 Å². The van der Waals surface area contributed by atoms with Crippen LogP contribution in [0, 0.1) is 5.92 Å². The van der Waals surface area contributed by atoms with E-state index in [1.807, 2.05) is 22.0 Å². The molecule has 6 heteroatoms. The lowest BCUT2D eigenvalue weighted by molar-refractivity contribution is -0.129. The lowest BCUT2D eigenvalue weighted by Crippen LogP contribution is -2.33. The van der Waals surface area contributed by atoms with Crippen LogP contribution < -0.4 is 5.73 Å². The van der Waals surface area contributed by atoms with E-state index in [4.69, 9.17) is 10.5 Å². The fourth-order valence-electron chi connectivity index (χ4n) is 2.77. The highest BCUT2D eigenvalue weighted by Crippen LogP contribution is 2.37. The van der Waals surface area contributed by atoms with Crippen LogP contribution in [0.3, 0.4) is 0 Å². The SMILES string of the molecule is COCCN1C(=O)CC(CN)C1c1cnn(C(C)C)c1. The van der Waals surface area contributed by atoms with Crippen LogP contribution in [0.1, 0.15) is 37.9 Å². The molecule has 0 aliphatic carbocycles. The number of ether oxygens (including phenoxy) is 1. The summed E-state index contributed by atoms with van der Waals surface area (Å²) in [7, 11) is 1.65. The van der Waals surface area contributed by atoms with E-state index in [0.29, 0.717) is 32.2 Å². The number of nitrogens with two attached hydrogens (primary N) is 1. The number of carbonyl (C=O) groups excluding carboxylic acids is 1. The first-order valence-electron chi connectivity index (χ1n) is 7.11. The van der Waals surface area contributed by atoms with Crippen LogP contribution in [0.5, 0.6) is 0 Å². The fraction of sp³-hybridized carbons (Fsp3) is 0.714. The fourth-order valence-corrected chi connectivity index (χ4v) is 2.77. The quantitative estimate of drug-likeness (QED) is 0.842. The predicted octanol–water partition coefficient (Wildman–Crippen LogP) is 0.959. The van der Waals surface area contributed by atoms with Crippen molar-refractivity contribution < 1.29 is 9.53 Å². The van der Waals surface area contributed by atoms with Crippen molar-refractivity contribution in [3.05, 3.63) is 18.0 Å². The summed E-state index contributed by atoms with van der Waals surface area (Å²) >= 11 is 0. The highest BCUT2D eigenvalue weighted by molar-refractivity contribution is 5.79. The highest BCUT2D eigenvalue weighted by atomic mass is 16.5. The Morgan fingerprint density at radius 1 is 1.55 bits per heavy atom. The normalized spacial score (nSPS) is 23.1. The molecule has 2 heterocycles. The molecule has 1 saturated heterocycles. The van der Waals surface area contributed by atoms with Gasteiger partial charge in [-0.05, 0) is 20.4 Å². The van der Waals surface area contributed by atoms with Gasteiger partial charge in [0, 0.05) is 43.8 Å². The summed E-state index contributed by atoms with van der Waals surface area (Å²) in [5.74, 6) is 0.309. The number of carbonyl (C=O) groups is 1. The van der Waals surface area contributed by atoms with Gasteiger partial charge in [-0.15, -0.1) is 0 Å². The van der Waals surface area contributed by atoms with Gasteiger partial charge in [-0.3, -0.25) is 9.48 Å². The Balaban J connectivity index is 2.24. The average molecular weight is 280 g/mol. The second kappa shape index (κ2) is 6.37. The molecule has 1 aliphatic rings. The van der Waals surface area contributed by atoms with Crippen molar-refractivity contribution in [1.29, 1.82) is 0 Å². The van der Waals surface area contributed by atoms with Crippen molar-refractivity contribution in [3.63, 3.8) is 0 Å². The number of amides is 1. The molecule has 0 bridgehead atoms.